The summed E-state index contributed by atoms with van der Waals surface area (Å²) in [7, 11) is 0. The quantitative estimate of drug-likeness (QED) is 0.347. The first kappa shape index (κ1) is 30.7. The van der Waals surface area contributed by atoms with Crippen LogP contribution in [0.5, 0.6) is 0 Å². The van der Waals surface area contributed by atoms with Crippen molar-refractivity contribution in [2.24, 2.45) is 52.3 Å². The third kappa shape index (κ3) is 5.10. The Labute approximate surface area is 271 Å². The van der Waals surface area contributed by atoms with Gasteiger partial charge in [-0.15, -0.1) is 0 Å². The monoisotopic (exact) mass is 618 g/mol. The van der Waals surface area contributed by atoms with Gasteiger partial charge in [-0.05, 0) is 110 Å². The number of benzene rings is 1. The van der Waals surface area contributed by atoms with Gasteiger partial charge in [0.15, 0.2) is 5.79 Å². The van der Waals surface area contributed by atoms with Gasteiger partial charge in [0.25, 0.3) is 0 Å². The van der Waals surface area contributed by atoms with E-state index in [1.807, 2.05) is 4.90 Å². The van der Waals surface area contributed by atoms with Crippen LogP contribution in [0, 0.1) is 52.3 Å². The summed E-state index contributed by atoms with van der Waals surface area (Å²) in [5.41, 5.74) is 2.10. The lowest BCUT2D eigenvalue weighted by Gasteiger charge is -2.61. The molecule has 4 aliphatic carbocycles. The van der Waals surface area contributed by atoms with Crippen LogP contribution in [0.15, 0.2) is 30.3 Å². The maximum Gasteiger partial charge on any atom is 0.410 e. The molecule has 7 aliphatic rings. The van der Waals surface area contributed by atoms with E-state index in [1.165, 1.54) is 50.5 Å². The van der Waals surface area contributed by atoms with Crippen molar-refractivity contribution in [3.8, 4) is 0 Å². The standard InChI is InChI=1S/C39H58N2O4/c1-26-12-17-39(43-25-26)27(2)35-34(45-39)23-33-31-11-10-29-22-30(13-15-37(29,3)32(31)14-16-38(33,35)4)44-36(42)41-20-18-40(19-21-41)24-28-8-6-5-7-9-28/h5-9,26-27,29-35H,10-25H2,1-4H3/t26-,27+,29-,30+,31-,32+,33+,34+,35+,37+,38+,39-/m1/s1. The SMILES string of the molecule is C[C@@H]1CC[C@@]2(OC1)O[C@H]1C[C@H]3[C@@H]4CC[C@@H]5C[C@@H](OC(=O)N6CCN(Cc7ccccc7)CC6)CC[C@]5(C)[C@H]4CC[C@]3(C)[C@H]1[C@@H]2C. The van der Waals surface area contributed by atoms with Crippen molar-refractivity contribution < 1.29 is 19.0 Å². The molecule has 0 unspecified atom stereocenters. The third-order valence-corrected chi connectivity index (χ3v) is 15.0. The summed E-state index contributed by atoms with van der Waals surface area (Å²) in [4.78, 5) is 17.7. The fraction of sp³-hybridized carbons (Fsp3) is 0.821. The summed E-state index contributed by atoms with van der Waals surface area (Å²) in [6.45, 7) is 15.2. The van der Waals surface area contributed by atoms with E-state index in [-0.39, 0.29) is 18.0 Å². The van der Waals surface area contributed by atoms with Crippen LogP contribution in [-0.2, 0) is 20.8 Å². The van der Waals surface area contributed by atoms with Gasteiger partial charge in [0.1, 0.15) is 6.10 Å². The molecule has 3 aliphatic heterocycles. The van der Waals surface area contributed by atoms with Gasteiger partial charge >= 0.3 is 6.09 Å². The molecule has 8 rings (SSSR count). The Balaban J connectivity index is 0.869. The predicted octanol–water partition coefficient (Wildman–Crippen LogP) is 7.76. The Kier molecular flexibility index (Phi) is 7.85. The van der Waals surface area contributed by atoms with E-state index in [0.29, 0.717) is 40.6 Å². The van der Waals surface area contributed by atoms with E-state index in [4.69, 9.17) is 14.2 Å². The molecule has 0 aromatic heterocycles. The lowest BCUT2D eigenvalue weighted by Crippen LogP contribution is -2.55. The van der Waals surface area contributed by atoms with Crippen LogP contribution in [0.25, 0.3) is 0 Å². The van der Waals surface area contributed by atoms with Crippen LogP contribution in [0.4, 0.5) is 4.79 Å². The molecule has 3 saturated heterocycles. The summed E-state index contributed by atoms with van der Waals surface area (Å²) in [5.74, 6) is 4.54. The van der Waals surface area contributed by atoms with Crippen LogP contribution in [0.3, 0.4) is 0 Å². The summed E-state index contributed by atoms with van der Waals surface area (Å²) in [6.07, 6.45) is 12.6. The molecule has 7 fully saturated rings. The number of fused-ring (bicyclic) bond motifs is 7. The average molecular weight is 619 g/mol. The summed E-state index contributed by atoms with van der Waals surface area (Å²) >= 11 is 0. The highest BCUT2D eigenvalue weighted by atomic mass is 16.7. The number of ether oxygens (including phenoxy) is 3. The van der Waals surface area contributed by atoms with Gasteiger partial charge in [-0.1, -0.05) is 58.0 Å². The zero-order valence-corrected chi connectivity index (χ0v) is 28.4. The molecule has 0 radical (unpaired) electrons. The number of amides is 1. The molecule has 1 amide bonds. The number of rotatable bonds is 3. The van der Waals surface area contributed by atoms with Gasteiger partial charge in [-0.25, -0.2) is 4.79 Å². The molecule has 1 aromatic rings. The van der Waals surface area contributed by atoms with Gasteiger partial charge in [-0.3, -0.25) is 4.90 Å². The summed E-state index contributed by atoms with van der Waals surface area (Å²) in [6, 6.07) is 10.6. The van der Waals surface area contributed by atoms with Crippen LogP contribution in [0.1, 0.15) is 97.5 Å². The Bertz CT molecular complexity index is 1220. The topological polar surface area (TPSA) is 51.2 Å². The zero-order chi connectivity index (χ0) is 31.0. The zero-order valence-electron chi connectivity index (χ0n) is 28.4. The molecule has 4 saturated carbocycles. The second-order valence-corrected chi connectivity index (χ2v) is 17.2. The Morgan fingerprint density at radius 3 is 2.42 bits per heavy atom. The van der Waals surface area contributed by atoms with Gasteiger partial charge in [0.2, 0.25) is 0 Å². The lowest BCUT2D eigenvalue weighted by atomic mass is 9.44. The molecule has 12 atom stereocenters. The van der Waals surface area contributed by atoms with Gasteiger partial charge in [0.05, 0.1) is 12.7 Å². The van der Waals surface area contributed by atoms with E-state index < -0.39 is 0 Å². The van der Waals surface area contributed by atoms with Crippen molar-refractivity contribution >= 4 is 6.09 Å². The van der Waals surface area contributed by atoms with Crippen LogP contribution < -0.4 is 0 Å². The molecule has 1 aromatic carbocycles. The lowest BCUT2D eigenvalue weighted by molar-refractivity contribution is -0.273. The number of hydrogen-bond donors (Lipinski definition) is 0. The molecule has 6 heteroatoms. The van der Waals surface area contributed by atoms with Crippen molar-refractivity contribution in [3.63, 3.8) is 0 Å². The largest absolute Gasteiger partial charge is 0.446 e. The molecule has 0 N–H and O–H groups in total. The maximum absolute atomic E-state index is 13.3. The first-order chi connectivity index (χ1) is 21.7. The number of carbonyl (C=O) groups excluding carboxylic acids is 1. The first-order valence-electron chi connectivity index (χ1n) is 18.7. The molecular weight excluding hydrogens is 560 g/mol. The van der Waals surface area contributed by atoms with E-state index in [2.05, 4.69) is 62.9 Å². The normalized spacial score (nSPS) is 47.9. The molecule has 6 nitrogen and oxygen atoms in total. The van der Waals surface area contributed by atoms with Gasteiger partial charge in [-0.2, -0.15) is 0 Å². The molecule has 0 bridgehead atoms. The molecule has 3 heterocycles. The summed E-state index contributed by atoms with van der Waals surface area (Å²) in [5, 5.41) is 0. The minimum Gasteiger partial charge on any atom is -0.446 e. The van der Waals surface area contributed by atoms with Crippen LogP contribution >= 0.6 is 0 Å². The van der Waals surface area contributed by atoms with E-state index in [9.17, 15) is 4.79 Å². The smallest absolute Gasteiger partial charge is 0.410 e. The minimum atomic E-state index is -0.318. The highest BCUT2D eigenvalue weighted by Crippen LogP contribution is 2.71. The molecule has 1 spiro atoms. The third-order valence-electron chi connectivity index (χ3n) is 15.0. The van der Waals surface area contributed by atoms with Crippen molar-refractivity contribution in [1.29, 1.82) is 0 Å². The Morgan fingerprint density at radius 1 is 0.889 bits per heavy atom. The van der Waals surface area contributed by atoms with Crippen molar-refractivity contribution in [2.75, 3.05) is 32.8 Å². The number of piperazine rings is 1. The number of nitrogens with zero attached hydrogens (tertiary/aromatic N) is 2. The number of carbonyl (C=O) groups is 1. The van der Waals surface area contributed by atoms with Crippen molar-refractivity contribution in [2.45, 2.75) is 116 Å². The highest BCUT2D eigenvalue weighted by Gasteiger charge is 2.69. The number of hydrogen-bond acceptors (Lipinski definition) is 5. The molecule has 248 valence electrons. The fourth-order valence-electron chi connectivity index (χ4n) is 12.5. The van der Waals surface area contributed by atoms with Crippen LogP contribution in [-0.4, -0.2) is 66.7 Å². The Hall–Kier alpha value is -1.63. The van der Waals surface area contributed by atoms with E-state index >= 15 is 0 Å². The second-order valence-electron chi connectivity index (χ2n) is 17.2. The van der Waals surface area contributed by atoms with E-state index in [1.54, 1.807) is 0 Å². The van der Waals surface area contributed by atoms with Crippen LogP contribution in [0.2, 0.25) is 0 Å². The average Bonchev–Trinajstić information content (AvgIpc) is 3.49. The highest BCUT2D eigenvalue weighted by molar-refractivity contribution is 5.68. The van der Waals surface area contributed by atoms with Gasteiger partial charge < -0.3 is 19.1 Å². The molecule has 45 heavy (non-hydrogen) atoms. The van der Waals surface area contributed by atoms with E-state index in [0.717, 1.165) is 76.3 Å². The summed E-state index contributed by atoms with van der Waals surface area (Å²) < 4.78 is 19.8. The Morgan fingerprint density at radius 2 is 1.67 bits per heavy atom. The van der Waals surface area contributed by atoms with Crippen molar-refractivity contribution in [3.05, 3.63) is 35.9 Å². The predicted molar refractivity (Wildman–Crippen MR) is 175 cm³/mol. The minimum absolute atomic E-state index is 0.0779. The maximum atomic E-state index is 13.3. The second kappa shape index (κ2) is 11.5. The fourth-order valence-corrected chi connectivity index (χ4v) is 12.5. The molecular formula is C39H58N2O4. The van der Waals surface area contributed by atoms with Gasteiger partial charge in [0, 0.05) is 45.1 Å². The first-order valence-corrected chi connectivity index (χ1v) is 18.7. The van der Waals surface area contributed by atoms with Crippen molar-refractivity contribution in [1.82, 2.24) is 9.80 Å².